The maximum absolute atomic E-state index is 10.6. The Hall–Kier alpha value is -1.39. The lowest BCUT2D eigenvalue weighted by Gasteiger charge is -2.10. The van der Waals surface area contributed by atoms with Crippen LogP contribution in [0, 0.1) is 12.8 Å². The van der Waals surface area contributed by atoms with Crippen molar-refractivity contribution in [3.63, 3.8) is 0 Å². The maximum Gasteiger partial charge on any atom is 0.303 e. The fourth-order valence-corrected chi connectivity index (χ4v) is 2.04. The number of aryl methyl sites for hydroxylation is 1. The van der Waals surface area contributed by atoms with Crippen LogP contribution in [-0.2, 0) is 11.2 Å². The zero-order valence-corrected chi connectivity index (χ0v) is 9.68. The number of carboxylic acid groups (broad SMARTS) is 1. The average Bonchev–Trinajstić information content (AvgIpc) is 2.92. The number of rotatable bonds is 5. The Morgan fingerprint density at radius 3 is 2.81 bits per heavy atom. The van der Waals surface area contributed by atoms with Crippen molar-refractivity contribution in [1.29, 1.82) is 0 Å². The molecule has 1 unspecified atom stereocenters. The Bertz CT molecular complexity index is 396. The van der Waals surface area contributed by atoms with Crippen molar-refractivity contribution in [3.8, 4) is 0 Å². The van der Waals surface area contributed by atoms with Crippen LogP contribution in [0.4, 0.5) is 0 Å². The highest BCUT2D eigenvalue weighted by Gasteiger charge is 2.28. The first kappa shape index (κ1) is 11.1. The Morgan fingerprint density at radius 1 is 1.56 bits per heavy atom. The van der Waals surface area contributed by atoms with Gasteiger partial charge in [-0.15, -0.1) is 10.2 Å². The molecule has 2 rings (SSSR count). The molecular weight excluding hydrogens is 206 g/mol. The molecule has 1 aromatic rings. The molecule has 0 aromatic carbocycles. The van der Waals surface area contributed by atoms with E-state index in [9.17, 15) is 4.79 Å². The standard InChI is InChI=1S/C11H17N3O2/c1-7(6-11(15)16)5-10-13-12-8(2)14(10)9-3-4-9/h7,9H,3-6H2,1-2H3,(H,15,16). The zero-order chi connectivity index (χ0) is 11.7. The minimum absolute atomic E-state index is 0.110. The molecule has 16 heavy (non-hydrogen) atoms. The van der Waals surface area contributed by atoms with Crippen LogP contribution in [0.15, 0.2) is 0 Å². The molecular formula is C11H17N3O2. The number of hydrogen-bond acceptors (Lipinski definition) is 3. The van der Waals surface area contributed by atoms with Crippen molar-refractivity contribution >= 4 is 5.97 Å². The van der Waals surface area contributed by atoms with Gasteiger partial charge in [0.15, 0.2) is 0 Å². The van der Waals surface area contributed by atoms with Crippen LogP contribution in [0.2, 0.25) is 0 Å². The van der Waals surface area contributed by atoms with Crippen LogP contribution in [-0.4, -0.2) is 25.8 Å². The zero-order valence-electron chi connectivity index (χ0n) is 9.68. The van der Waals surface area contributed by atoms with Crippen molar-refractivity contribution in [2.24, 2.45) is 5.92 Å². The highest BCUT2D eigenvalue weighted by molar-refractivity contribution is 5.66. The van der Waals surface area contributed by atoms with Crippen molar-refractivity contribution in [3.05, 3.63) is 11.6 Å². The third-order valence-electron chi connectivity index (χ3n) is 2.90. The number of carboxylic acids is 1. The molecule has 0 amide bonds. The van der Waals surface area contributed by atoms with Crippen LogP contribution in [0.25, 0.3) is 0 Å². The van der Waals surface area contributed by atoms with Gasteiger partial charge in [0.1, 0.15) is 11.6 Å². The fraction of sp³-hybridized carbons (Fsp3) is 0.727. The molecule has 1 aromatic heterocycles. The Kier molecular flexibility index (Phi) is 2.94. The molecule has 1 aliphatic carbocycles. The van der Waals surface area contributed by atoms with E-state index in [0.717, 1.165) is 11.6 Å². The van der Waals surface area contributed by atoms with Gasteiger partial charge in [-0.1, -0.05) is 6.92 Å². The first-order valence-electron chi connectivity index (χ1n) is 5.70. The summed E-state index contributed by atoms with van der Waals surface area (Å²) in [7, 11) is 0. The summed E-state index contributed by atoms with van der Waals surface area (Å²) in [5.41, 5.74) is 0. The van der Waals surface area contributed by atoms with E-state index in [2.05, 4.69) is 14.8 Å². The first-order chi connectivity index (χ1) is 7.58. The molecule has 1 heterocycles. The molecule has 0 radical (unpaired) electrons. The van der Waals surface area contributed by atoms with Gasteiger partial charge in [0.05, 0.1) is 0 Å². The lowest BCUT2D eigenvalue weighted by Crippen LogP contribution is -2.11. The van der Waals surface area contributed by atoms with Gasteiger partial charge in [-0.25, -0.2) is 0 Å². The first-order valence-corrected chi connectivity index (χ1v) is 5.70. The normalized spacial score (nSPS) is 17.4. The van der Waals surface area contributed by atoms with Gasteiger partial charge in [0, 0.05) is 18.9 Å². The van der Waals surface area contributed by atoms with E-state index in [-0.39, 0.29) is 12.3 Å². The number of aliphatic carboxylic acids is 1. The summed E-state index contributed by atoms with van der Waals surface area (Å²) in [5, 5.41) is 16.9. The second-order valence-electron chi connectivity index (χ2n) is 4.67. The number of aromatic nitrogens is 3. The second-order valence-corrected chi connectivity index (χ2v) is 4.67. The molecule has 0 aliphatic heterocycles. The lowest BCUT2D eigenvalue weighted by atomic mass is 10.0. The van der Waals surface area contributed by atoms with Crippen LogP contribution < -0.4 is 0 Å². The minimum atomic E-state index is -0.748. The van der Waals surface area contributed by atoms with Gasteiger partial charge in [0.25, 0.3) is 0 Å². The smallest absolute Gasteiger partial charge is 0.303 e. The molecule has 1 N–H and O–H groups in total. The van der Waals surface area contributed by atoms with E-state index < -0.39 is 5.97 Å². The third kappa shape index (κ3) is 2.40. The number of nitrogens with zero attached hydrogens (tertiary/aromatic N) is 3. The molecule has 0 bridgehead atoms. The van der Waals surface area contributed by atoms with Crippen LogP contribution in [0.5, 0.6) is 0 Å². The highest BCUT2D eigenvalue weighted by Crippen LogP contribution is 2.36. The Balaban J connectivity index is 2.06. The van der Waals surface area contributed by atoms with Gasteiger partial charge in [-0.2, -0.15) is 0 Å². The molecule has 1 saturated carbocycles. The summed E-state index contributed by atoms with van der Waals surface area (Å²) in [5.74, 6) is 1.24. The molecule has 0 spiro atoms. The fourth-order valence-electron chi connectivity index (χ4n) is 2.04. The van der Waals surface area contributed by atoms with Crippen molar-refractivity contribution in [2.45, 2.75) is 45.6 Å². The molecule has 88 valence electrons. The van der Waals surface area contributed by atoms with Gasteiger partial charge >= 0.3 is 5.97 Å². The van der Waals surface area contributed by atoms with Crippen LogP contribution >= 0.6 is 0 Å². The quantitative estimate of drug-likeness (QED) is 0.822. The van der Waals surface area contributed by atoms with Crippen molar-refractivity contribution in [1.82, 2.24) is 14.8 Å². The summed E-state index contributed by atoms with van der Waals surface area (Å²) < 4.78 is 2.17. The van der Waals surface area contributed by atoms with E-state index in [1.54, 1.807) is 0 Å². The average molecular weight is 223 g/mol. The molecule has 5 nitrogen and oxygen atoms in total. The topological polar surface area (TPSA) is 68.0 Å². The largest absolute Gasteiger partial charge is 0.481 e. The predicted molar refractivity (Wildman–Crippen MR) is 58.2 cm³/mol. The van der Waals surface area contributed by atoms with Crippen molar-refractivity contribution < 1.29 is 9.90 Å². The van der Waals surface area contributed by atoms with E-state index in [1.165, 1.54) is 12.8 Å². The van der Waals surface area contributed by atoms with Crippen LogP contribution in [0.1, 0.15) is 43.9 Å². The van der Waals surface area contributed by atoms with E-state index >= 15 is 0 Å². The predicted octanol–water partition coefficient (Wildman–Crippen LogP) is 1.57. The van der Waals surface area contributed by atoms with Gasteiger partial charge < -0.3 is 9.67 Å². The minimum Gasteiger partial charge on any atom is -0.481 e. The molecule has 1 atom stereocenters. The second kappa shape index (κ2) is 4.23. The summed E-state index contributed by atoms with van der Waals surface area (Å²) in [6.45, 7) is 3.89. The summed E-state index contributed by atoms with van der Waals surface area (Å²) in [6.07, 6.45) is 3.28. The summed E-state index contributed by atoms with van der Waals surface area (Å²) >= 11 is 0. The van der Waals surface area contributed by atoms with E-state index in [1.807, 2.05) is 13.8 Å². The summed E-state index contributed by atoms with van der Waals surface area (Å²) in [6, 6.07) is 0.557. The monoisotopic (exact) mass is 223 g/mol. The Morgan fingerprint density at radius 2 is 2.25 bits per heavy atom. The summed E-state index contributed by atoms with van der Waals surface area (Å²) in [4.78, 5) is 10.6. The van der Waals surface area contributed by atoms with Gasteiger partial charge in [-0.05, 0) is 25.7 Å². The molecule has 5 heteroatoms. The molecule has 1 fully saturated rings. The van der Waals surface area contributed by atoms with Gasteiger partial charge in [-0.3, -0.25) is 4.79 Å². The van der Waals surface area contributed by atoms with E-state index in [4.69, 9.17) is 5.11 Å². The van der Waals surface area contributed by atoms with E-state index in [0.29, 0.717) is 12.5 Å². The van der Waals surface area contributed by atoms with Crippen LogP contribution in [0.3, 0.4) is 0 Å². The number of hydrogen-bond donors (Lipinski definition) is 1. The number of carbonyl (C=O) groups is 1. The molecule has 0 saturated heterocycles. The molecule has 1 aliphatic rings. The lowest BCUT2D eigenvalue weighted by molar-refractivity contribution is -0.137. The highest BCUT2D eigenvalue weighted by atomic mass is 16.4. The SMILES string of the molecule is Cc1nnc(CC(C)CC(=O)O)n1C1CC1. The Labute approximate surface area is 94.5 Å². The third-order valence-corrected chi connectivity index (χ3v) is 2.90. The van der Waals surface area contributed by atoms with Crippen molar-refractivity contribution in [2.75, 3.05) is 0 Å². The van der Waals surface area contributed by atoms with Gasteiger partial charge in [0.2, 0.25) is 0 Å². The maximum atomic E-state index is 10.6.